The zero-order chi connectivity index (χ0) is 13.9. The van der Waals surface area contributed by atoms with E-state index in [0.717, 1.165) is 5.56 Å². The second kappa shape index (κ2) is 5.30. The van der Waals surface area contributed by atoms with E-state index < -0.39 is 0 Å². The molecule has 7 heteroatoms. The summed E-state index contributed by atoms with van der Waals surface area (Å²) >= 11 is 0. The summed E-state index contributed by atoms with van der Waals surface area (Å²) < 4.78 is 5.21. The second-order valence-electron chi connectivity index (χ2n) is 4.63. The molecule has 20 heavy (non-hydrogen) atoms. The molecule has 0 saturated carbocycles. The van der Waals surface area contributed by atoms with Gasteiger partial charge in [-0.05, 0) is 17.7 Å². The number of carbonyl (C=O) groups excluding carboxylic acids is 1. The van der Waals surface area contributed by atoms with Crippen molar-refractivity contribution in [2.75, 3.05) is 13.1 Å². The zero-order valence-electron chi connectivity index (χ0n) is 10.7. The number of aromatic nitrogens is 2. The van der Waals surface area contributed by atoms with Crippen LogP contribution in [0.1, 0.15) is 23.3 Å². The number of hydrogen-bond donors (Lipinski definition) is 3. The monoisotopic (exact) mass is 274 g/mol. The first-order chi connectivity index (χ1) is 9.70. The van der Waals surface area contributed by atoms with Gasteiger partial charge in [0.15, 0.2) is 5.82 Å². The Kier molecular flexibility index (Phi) is 3.34. The molecule has 7 nitrogen and oxygen atoms in total. The third-order valence-electron chi connectivity index (χ3n) is 3.09. The number of aromatic hydroxyl groups is 1. The Morgan fingerprint density at radius 2 is 2.15 bits per heavy atom. The Hall–Kier alpha value is -2.41. The third kappa shape index (κ3) is 2.77. The average Bonchev–Trinajstić information content (AvgIpc) is 2.91. The van der Waals surface area contributed by atoms with Crippen LogP contribution in [0.2, 0.25) is 0 Å². The molecule has 3 rings (SSSR count). The van der Waals surface area contributed by atoms with Crippen molar-refractivity contribution in [3.8, 4) is 5.75 Å². The van der Waals surface area contributed by atoms with Gasteiger partial charge in [-0.1, -0.05) is 17.3 Å². The maximum absolute atomic E-state index is 11.1. The van der Waals surface area contributed by atoms with Gasteiger partial charge in [0.2, 0.25) is 11.8 Å². The molecule has 0 radical (unpaired) electrons. The van der Waals surface area contributed by atoms with Crippen molar-refractivity contribution in [3.63, 3.8) is 0 Å². The van der Waals surface area contributed by atoms with Gasteiger partial charge in [0.25, 0.3) is 0 Å². The van der Waals surface area contributed by atoms with Gasteiger partial charge in [-0.25, -0.2) is 0 Å². The molecule has 1 aromatic carbocycles. The van der Waals surface area contributed by atoms with Crippen LogP contribution in [0.3, 0.4) is 0 Å². The summed E-state index contributed by atoms with van der Waals surface area (Å²) in [5.74, 6) is 1.23. The third-order valence-corrected chi connectivity index (χ3v) is 3.09. The standard InChI is InChI=1S/C13H14N4O3/c18-9-3-1-8(2-4-9)5-11-16-13(20-17-11)10-6-15-12(19)7-14-10/h1-4,10,14,18H,5-7H2,(H,15,19). The highest BCUT2D eigenvalue weighted by molar-refractivity contribution is 5.78. The van der Waals surface area contributed by atoms with Crippen LogP contribution in [0.25, 0.3) is 0 Å². The first kappa shape index (κ1) is 12.6. The molecule has 1 aliphatic rings. The molecule has 1 aliphatic heterocycles. The van der Waals surface area contributed by atoms with Gasteiger partial charge in [0.05, 0.1) is 6.54 Å². The van der Waals surface area contributed by atoms with Crippen LogP contribution in [0, 0.1) is 0 Å². The van der Waals surface area contributed by atoms with Gasteiger partial charge in [-0.15, -0.1) is 0 Å². The van der Waals surface area contributed by atoms with Crippen LogP contribution in [0.4, 0.5) is 0 Å². The molecule has 1 amide bonds. The highest BCUT2D eigenvalue weighted by Gasteiger charge is 2.23. The predicted molar refractivity (Wildman–Crippen MR) is 69.0 cm³/mol. The summed E-state index contributed by atoms with van der Waals surface area (Å²) in [4.78, 5) is 15.4. The summed E-state index contributed by atoms with van der Waals surface area (Å²) in [7, 11) is 0. The van der Waals surface area contributed by atoms with Gasteiger partial charge in [0, 0.05) is 13.0 Å². The van der Waals surface area contributed by atoms with Crippen LogP contribution in [-0.4, -0.2) is 34.2 Å². The lowest BCUT2D eigenvalue weighted by atomic mass is 10.1. The first-order valence-electron chi connectivity index (χ1n) is 6.31. The van der Waals surface area contributed by atoms with E-state index in [2.05, 4.69) is 20.8 Å². The van der Waals surface area contributed by atoms with E-state index in [4.69, 9.17) is 4.52 Å². The number of hydrogen-bond acceptors (Lipinski definition) is 6. The SMILES string of the molecule is O=C1CNC(c2nc(Cc3ccc(O)cc3)no2)CN1. The molecule has 1 atom stereocenters. The van der Waals surface area contributed by atoms with Crippen LogP contribution in [-0.2, 0) is 11.2 Å². The Morgan fingerprint density at radius 3 is 2.85 bits per heavy atom. The number of nitrogens with zero attached hydrogens (tertiary/aromatic N) is 2. The largest absolute Gasteiger partial charge is 0.508 e. The average molecular weight is 274 g/mol. The van der Waals surface area contributed by atoms with Crippen molar-refractivity contribution >= 4 is 5.91 Å². The van der Waals surface area contributed by atoms with Gasteiger partial charge >= 0.3 is 0 Å². The number of benzene rings is 1. The number of piperazine rings is 1. The summed E-state index contributed by atoms with van der Waals surface area (Å²) in [6.45, 7) is 0.694. The van der Waals surface area contributed by atoms with Gasteiger partial charge in [0.1, 0.15) is 11.8 Å². The molecule has 0 spiro atoms. The topological polar surface area (TPSA) is 100 Å². The maximum Gasteiger partial charge on any atom is 0.245 e. The molecular formula is C13H14N4O3. The number of phenolic OH excluding ortho intramolecular Hbond substituents is 1. The van der Waals surface area contributed by atoms with Crippen LogP contribution >= 0.6 is 0 Å². The lowest BCUT2D eigenvalue weighted by Gasteiger charge is -2.20. The Labute approximate surface area is 115 Å². The molecule has 104 valence electrons. The van der Waals surface area contributed by atoms with Crippen molar-refractivity contribution in [2.45, 2.75) is 12.5 Å². The van der Waals surface area contributed by atoms with E-state index in [0.29, 0.717) is 24.7 Å². The van der Waals surface area contributed by atoms with Crippen molar-refractivity contribution in [1.82, 2.24) is 20.8 Å². The van der Waals surface area contributed by atoms with Crippen LogP contribution in [0.15, 0.2) is 28.8 Å². The Morgan fingerprint density at radius 1 is 1.35 bits per heavy atom. The minimum Gasteiger partial charge on any atom is -0.508 e. The summed E-state index contributed by atoms with van der Waals surface area (Å²) in [5.41, 5.74) is 0.986. The lowest BCUT2D eigenvalue weighted by molar-refractivity contribution is -0.121. The molecule has 3 N–H and O–H groups in total. The molecule has 1 aromatic heterocycles. The van der Waals surface area contributed by atoms with E-state index in [1.54, 1.807) is 12.1 Å². The number of nitrogens with one attached hydrogen (secondary N) is 2. The van der Waals surface area contributed by atoms with Crippen molar-refractivity contribution < 1.29 is 14.4 Å². The van der Waals surface area contributed by atoms with Crippen LogP contribution < -0.4 is 10.6 Å². The summed E-state index contributed by atoms with van der Waals surface area (Å²) in [6, 6.07) is 6.71. The number of phenols is 1. The lowest BCUT2D eigenvalue weighted by Crippen LogP contribution is -2.47. The minimum absolute atomic E-state index is 0.0370. The van der Waals surface area contributed by atoms with E-state index in [-0.39, 0.29) is 24.2 Å². The second-order valence-corrected chi connectivity index (χ2v) is 4.63. The van der Waals surface area contributed by atoms with Crippen molar-refractivity contribution in [3.05, 3.63) is 41.5 Å². The molecule has 2 heterocycles. The fraction of sp³-hybridized carbons (Fsp3) is 0.308. The summed E-state index contributed by atoms with van der Waals surface area (Å²) in [6.07, 6.45) is 0.531. The van der Waals surface area contributed by atoms with Crippen LogP contribution in [0.5, 0.6) is 5.75 Å². The van der Waals surface area contributed by atoms with E-state index in [1.807, 2.05) is 12.1 Å². The molecular weight excluding hydrogens is 260 g/mol. The molecule has 1 saturated heterocycles. The minimum atomic E-state index is -0.145. The predicted octanol–water partition coefficient (Wildman–Crippen LogP) is 0.127. The highest BCUT2D eigenvalue weighted by Crippen LogP contribution is 2.15. The quantitative estimate of drug-likeness (QED) is 0.735. The number of amides is 1. The van der Waals surface area contributed by atoms with Crippen molar-refractivity contribution in [1.29, 1.82) is 0 Å². The first-order valence-corrected chi connectivity index (χ1v) is 6.31. The fourth-order valence-corrected chi connectivity index (χ4v) is 2.02. The smallest absolute Gasteiger partial charge is 0.245 e. The summed E-state index contributed by atoms with van der Waals surface area (Å²) in [5, 5.41) is 18.9. The van der Waals surface area contributed by atoms with E-state index >= 15 is 0 Å². The molecule has 2 aromatic rings. The van der Waals surface area contributed by atoms with Gasteiger partial charge in [-0.3, -0.25) is 10.1 Å². The molecule has 0 bridgehead atoms. The molecule has 1 fully saturated rings. The van der Waals surface area contributed by atoms with E-state index in [1.165, 1.54) is 0 Å². The highest BCUT2D eigenvalue weighted by atomic mass is 16.5. The maximum atomic E-state index is 11.1. The van der Waals surface area contributed by atoms with Gasteiger partial charge in [-0.2, -0.15) is 4.98 Å². The van der Waals surface area contributed by atoms with Crippen molar-refractivity contribution in [2.24, 2.45) is 0 Å². The van der Waals surface area contributed by atoms with E-state index in [9.17, 15) is 9.90 Å². The Balaban J connectivity index is 1.67. The zero-order valence-corrected chi connectivity index (χ0v) is 10.7. The Bertz CT molecular complexity index is 598. The number of carbonyl (C=O) groups is 1. The normalized spacial score (nSPS) is 18.8. The number of rotatable bonds is 3. The van der Waals surface area contributed by atoms with Gasteiger partial charge < -0.3 is 14.9 Å². The molecule has 1 unspecified atom stereocenters. The fourth-order valence-electron chi connectivity index (χ4n) is 2.02. The molecule has 0 aliphatic carbocycles.